The summed E-state index contributed by atoms with van der Waals surface area (Å²) in [5.41, 5.74) is 1.62. The Kier molecular flexibility index (Phi) is 3.49. The number of anilines is 1. The van der Waals surface area contributed by atoms with Gasteiger partial charge in [-0.1, -0.05) is 15.9 Å². The van der Waals surface area contributed by atoms with Gasteiger partial charge in [-0.05, 0) is 31.0 Å². The molecule has 4 heteroatoms. The SMILES string of the molecule is COC(=O)c1cc(Br)ccc1N1CCCC1. The summed E-state index contributed by atoms with van der Waals surface area (Å²) in [6.07, 6.45) is 2.38. The minimum Gasteiger partial charge on any atom is -0.465 e. The molecule has 1 aliphatic heterocycles. The van der Waals surface area contributed by atoms with Gasteiger partial charge in [0.1, 0.15) is 0 Å². The quantitative estimate of drug-likeness (QED) is 0.782. The molecule has 0 spiro atoms. The van der Waals surface area contributed by atoms with Crippen molar-refractivity contribution in [3.8, 4) is 0 Å². The van der Waals surface area contributed by atoms with E-state index in [1.807, 2.05) is 18.2 Å². The molecular weight excluding hydrogens is 270 g/mol. The van der Waals surface area contributed by atoms with E-state index in [0.29, 0.717) is 5.56 Å². The molecule has 0 unspecified atom stereocenters. The standard InChI is InChI=1S/C12H14BrNO2/c1-16-12(15)10-8-9(13)4-5-11(10)14-6-2-3-7-14/h4-5,8H,2-3,6-7H2,1H3. The Morgan fingerprint density at radius 3 is 2.69 bits per heavy atom. The molecule has 1 heterocycles. The van der Waals surface area contributed by atoms with Gasteiger partial charge in [0.2, 0.25) is 0 Å². The monoisotopic (exact) mass is 283 g/mol. The van der Waals surface area contributed by atoms with Crippen molar-refractivity contribution in [3.05, 3.63) is 28.2 Å². The highest BCUT2D eigenvalue weighted by atomic mass is 79.9. The molecule has 1 aromatic carbocycles. The van der Waals surface area contributed by atoms with Gasteiger partial charge in [0, 0.05) is 17.6 Å². The number of halogens is 1. The largest absolute Gasteiger partial charge is 0.465 e. The molecule has 86 valence electrons. The molecule has 0 radical (unpaired) electrons. The predicted molar refractivity (Wildman–Crippen MR) is 66.9 cm³/mol. The van der Waals surface area contributed by atoms with Gasteiger partial charge in [-0.2, -0.15) is 0 Å². The van der Waals surface area contributed by atoms with Gasteiger partial charge in [-0.15, -0.1) is 0 Å². The van der Waals surface area contributed by atoms with Crippen LogP contribution in [0.2, 0.25) is 0 Å². The van der Waals surface area contributed by atoms with E-state index in [1.165, 1.54) is 20.0 Å². The Morgan fingerprint density at radius 2 is 2.06 bits per heavy atom. The van der Waals surface area contributed by atoms with Crippen LogP contribution in [-0.4, -0.2) is 26.2 Å². The predicted octanol–water partition coefficient (Wildman–Crippen LogP) is 2.84. The lowest BCUT2D eigenvalue weighted by atomic mass is 10.1. The molecule has 3 nitrogen and oxygen atoms in total. The van der Waals surface area contributed by atoms with Crippen LogP contribution in [0.15, 0.2) is 22.7 Å². The minimum atomic E-state index is -0.275. The molecule has 16 heavy (non-hydrogen) atoms. The molecule has 1 saturated heterocycles. The Morgan fingerprint density at radius 1 is 1.38 bits per heavy atom. The van der Waals surface area contributed by atoms with Crippen LogP contribution in [0.25, 0.3) is 0 Å². The van der Waals surface area contributed by atoms with Crippen LogP contribution in [0.5, 0.6) is 0 Å². The van der Waals surface area contributed by atoms with Gasteiger partial charge in [-0.3, -0.25) is 0 Å². The van der Waals surface area contributed by atoms with Crippen molar-refractivity contribution in [1.29, 1.82) is 0 Å². The Balaban J connectivity index is 2.38. The molecule has 1 aliphatic rings. The number of esters is 1. The molecule has 0 bridgehead atoms. The summed E-state index contributed by atoms with van der Waals surface area (Å²) in [6, 6.07) is 5.75. The summed E-state index contributed by atoms with van der Waals surface area (Å²) in [5.74, 6) is -0.275. The highest BCUT2D eigenvalue weighted by Crippen LogP contribution is 2.27. The second kappa shape index (κ2) is 4.87. The topological polar surface area (TPSA) is 29.5 Å². The van der Waals surface area contributed by atoms with Crippen LogP contribution in [-0.2, 0) is 4.74 Å². The van der Waals surface area contributed by atoms with Gasteiger partial charge in [0.25, 0.3) is 0 Å². The summed E-state index contributed by atoms with van der Waals surface area (Å²) in [5, 5.41) is 0. The lowest BCUT2D eigenvalue weighted by molar-refractivity contribution is 0.0601. The first-order chi connectivity index (χ1) is 7.72. The number of hydrogen-bond acceptors (Lipinski definition) is 3. The normalized spacial score (nSPS) is 15.2. The van der Waals surface area contributed by atoms with Crippen LogP contribution in [0, 0.1) is 0 Å². The van der Waals surface area contributed by atoms with Crippen molar-refractivity contribution in [2.45, 2.75) is 12.8 Å². The fourth-order valence-corrected chi connectivity index (χ4v) is 2.38. The third-order valence-electron chi connectivity index (χ3n) is 2.81. The van der Waals surface area contributed by atoms with E-state index in [-0.39, 0.29) is 5.97 Å². The first-order valence-electron chi connectivity index (χ1n) is 5.35. The van der Waals surface area contributed by atoms with E-state index in [0.717, 1.165) is 23.2 Å². The van der Waals surface area contributed by atoms with Crippen molar-refractivity contribution in [1.82, 2.24) is 0 Å². The zero-order valence-electron chi connectivity index (χ0n) is 9.20. The summed E-state index contributed by atoms with van der Waals surface area (Å²) in [6.45, 7) is 2.04. The molecule has 2 rings (SSSR count). The molecule has 1 aromatic rings. The third kappa shape index (κ3) is 2.21. The lowest BCUT2D eigenvalue weighted by Gasteiger charge is -2.20. The van der Waals surface area contributed by atoms with E-state index in [2.05, 4.69) is 20.8 Å². The number of rotatable bonds is 2. The molecule has 1 fully saturated rings. The zero-order chi connectivity index (χ0) is 11.5. The smallest absolute Gasteiger partial charge is 0.340 e. The average molecular weight is 284 g/mol. The first kappa shape index (κ1) is 11.5. The van der Waals surface area contributed by atoms with Crippen LogP contribution in [0.4, 0.5) is 5.69 Å². The highest BCUT2D eigenvalue weighted by Gasteiger charge is 2.19. The summed E-state index contributed by atoms with van der Waals surface area (Å²) in [4.78, 5) is 13.9. The molecule has 0 aliphatic carbocycles. The van der Waals surface area contributed by atoms with E-state index < -0.39 is 0 Å². The van der Waals surface area contributed by atoms with E-state index in [1.54, 1.807) is 0 Å². The molecule has 0 atom stereocenters. The average Bonchev–Trinajstić information content (AvgIpc) is 2.81. The number of benzene rings is 1. The fourth-order valence-electron chi connectivity index (χ4n) is 2.02. The van der Waals surface area contributed by atoms with Gasteiger partial charge in [0.05, 0.1) is 18.4 Å². The number of carbonyl (C=O) groups excluding carboxylic acids is 1. The maximum Gasteiger partial charge on any atom is 0.340 e. The molecule has 0 N–H and O–H groups in total. The highest BCUT2D eigenvalue weighted by molar-refractivity contribution is 9.10. The van der Waals surface area contributed by atoms with E-state index in [9.17, 15) is 4.79 Å². The fraction of sp³-hybridized carbons (Fsp3) is 0.417. The number of methoxy groups -OCH3 is 1. The van der Waals surface area contributed by atoms with Crippen molar-refractivity contribution in [3.63, 3.8) is 0 Å². The van der Waals surface area contributed by atoms with Gasteiger partial charge < -0.3 is 9.64 Å². The van der Waals surface area contributed by atoms with Crippen molar-refractivity contribution in [2.75, 3.05) is 25.1 Å². The molecule has 0 aromatic heterocycles. The van der Waals surface area contributed by atoms with Gasteiger partial charge in [0.15, 0.2) is 0 Å². The lowest BCUT2D eigenvalue weighted by Crippen LogP contribution is -2.21. The Hall–Kier alpha value is -1.03. The second-order valence-corrected chi connectivity index (χ2v) is 4.76. The molecular formula is C12H14BrNO2. The first-order valence-corrected chi connectivity index (χ1v) is 6.14. The Labute approximate surface area is 104 Å². The van der Waals surface area contributed by atoms with Gasteiger partial charge >= 0.3 is 5.97 Å². The van der Waals surface area contributed by atoms with Crippen LogP contribution < -0.4 is 4.90 Å². The van der Waals surface area contributed by atoms with Crippen LogP contribution in [0.3, 0.4) is 0 Å². The number of nitrogens with zero attached hydrogens (tertiary/aromatic N) is 1. The van der Waals surface area contributed by atoms with E-state index in [4.69, 9.17) is 4.74 Å². The summed E-state index contributed by atoms with van der Waals surface area (Å²) in [7, 11) is 1.41. The maximum absolute atomic E-state index is 11.7. The molecule has 0 saturated carbocycles. The van der Waals surface area contributed by atoms with Gasteiger partial charge in [-0.25, -0.2) is 4.79 Å². The van der Waals surface area contributed by atoms with Crippen molar-refractivity contribution < 1.29 is 9.53 Å². The summed E-state index contributed by atoms with van der Waals surface area (Å²) >= 11 is 3.38. The van der Waals surface area contributed by atoms with Crippen molar-refractivity contribution in [2.24, 2.45) is 0 Å². The number of ether oxygens (including phenoxy) is 1. The zero-order valence-corrected chi connectivity index (χ0v) is 10.8. The Bertz CT molecular complexity index is 400. The minimum absolute atomic E-state index is 0.275. The van der Waals surface area contributed by atoms with Crippen LogP contribution >= 0.6 is 15.9 Å². The maximum atomic E-state index is 11.7. The van der Waals surface area contributed by atoms with Crippen molar-refractivity contribution >= 4 is 27.6 Å². The third-order valence-corrected chi connectivity index (χ3v) is 3.30. The van der Waals surface area contributed by atoms with Crippen LogP contribution in [0.1, 0.15) is 23.2 Å². The summed E-state index contributed by atoms with van der Waals surface area (Å²) < 4.78 is 5.70. The second-order valence-electron chi connectivity index (χ2n) is 3.85. The number of hydrogen-bond donors (Lipinski definition) is 0. The molecule has 0 amide bonds. The van der Waals surface area contributed by atoms with E-state index >= 15 is 0 Å². The number of carbonyl (C=O) groups is 1.